The van der Waals surface area contributed by atoms with Gasteiger partial charge in [-0.3, -0.25) is 0 Å². The molecule has 0 amide bonds. The van der Waals surface area contributed by atoms with E-state index in [9.17, 15) is 0 Å². The second kappa shape index (κ2) is 19.2. The van der Waals surface area contributed by atoms with E-state index < -0.39 is 0 Å². The Bertz CT molecular complexity index is 134. The van der Waals surface area contributed by atoms with E-state index in [0.29, 0.717) is 0 Å². The van der Waals surface area contributed by atoms with E-state index in [1.807, 2.05) is 36.4 Å². The minimum atomic E-state index is 0. The minimum absolute atomic E-state index is 0. The van der Waals surface area contributed by atoms with Crippen LogP contribution in [0.25, 0.3) is 0 Å². The van der Waals surface area contributed by atoms with Crippen molar-refractivity contribution in [2.24, 2.45) is 0 Å². The van der Waals surface area contributed by atoms with Gasteiger partial charge in [-0.1, -0.05) is 75.9 Å². The fourth-order valence-corrected chi connectivity index (χ4v) is 0.885. The molecule has 0 fully saturated rings. The summed E-state index contributed by atoms with van der Waals surface area (Å²) in [5.74, 6) is 0. The molecule has 0 aliphatic carbocycles. The van der Waals surface area contributed by atoms with Crippen LogP contribution in [-0.2, 0) is 0 Å². The van der Waals surface area contributed by atoms with Crippen molar-refractivity contribution in [3.63, 3.8) is 0 Å². The van der Waals surface area contributed by atoms with Gasteiger partial charge in [0.15, 0.2) is 0 Å². The van der Waals surface area contributed by atoms with Crippen LogP contribution in [0.1, 0.15) is 43.8 Å². The van der Waals surface area contributed by atoms with Crippen molar-refractivity contribution < 1.29 is 23.1 Å². The summed E-state index contributed by atoms with van der Waals surface area (Å²) in [5, 5.41) is 0. The van der Waals surface area contributed by atoms with Crippen LogP contribution in [0.2, 0.25) is 0 Å². The molecule has 0 bridgehead atoms. The van der Waals surface area contributed by atoms with Crippen molar-refractivity contribution in [1.29, 1.82) is 0 Å². The third-order valence-electron chi connectivity index (χ3n) is 1.62. The van der Waals surface area contributed by atoms with Gasteiger partial charge in [0.2, 0.25) is 0 Å². The molecule has 0 radical (unpaired) electrons. The average Bonchev–Trinajstić information content (AvgIpc) is 2.18. The Morgan fingerprint density at radius 2 is 0.929 bits per heavy atom. The molecule has 1 rings (SSSR count). The SMILES string of the molecule is CCCCCC.[H-].[H-].[H-].[Li+].[Mg+2].c1ccccc1. The number of unbranched alkanes of at least 4 members (excludes halogenated alkanes) is 3. The first-order valence-electron chi connectivity index (χ1n) is 4.91. The largest absolute Gasteiger partial charge is 2.00 e. The van der Waals surface area contributed by atoms with Gasteiger partial charge in [-0.25, -0.2) is 0 Å². The van der Waals surface area contributed by atoms with Gasteiger partial charge >= 0.3 is 41.9 Å². The molecule has 0 aliphatic rings. The fourth-order valence-electron chi connectivity index (χ4n) is 0.885. The molecule has 0 saturated carbocycles. The predicted molar refractivity (Wildman–Crippen MR) is 65.3 cm³/mol. The topological polar surface area (TPSA) is 0 Å². The molecule has 0 unspecified atom stereocenters. The van der Waals surface area contributed by atoms with E-state index in [1.54, 1.807) is 0 Å². The van der Waals surface area contributed by atoms with E-state index in [0.717, 1.165) is 0 Å². The zero-order valence-corrected chi connectivity index (χ0v) is 11.4. The number of hydrogen-bond donors (Lipinski definition) is 0. The summed E-state index contributed by atoms with van der Waals surface area (Å²) in [7, 11) is 0. The van der Waals surface area contributed by atoms with Gasteiger partial charge in [0, 0.05) is 0 Å². The van der Waals surface area contributed by atoms with Crippen LogP contribution in [0.15, 0.2) is 36.4 Å². The van der Waals surface area contributed by atoms with Crippen molar-refractivity contribution in [2.45, 2.75) is 39.5 Å². The molecular formula is C12H23LiMg. The van der Waals surface area contributed by atoms with Crippen molar-refractivity contribution in [3.8, 4) is 0 Å². The summed E-state index contributed by atoms with van der Waals surface area (Å²) in [6, 6.07) is 12.0. The molecular weight excluding hydrogens is 175 g/mol. The Kier molecular flexibility index (Phi) is 27.5. The summed E-state index contributed by atoms with van der Waals surface area (Å²) in [6.45, 7) is 4.46. The third kappa shape index (κ3) is 18.4. The molecule has 0 aliphatic heterocycles. The standard InChI is InChI=1S/C6H6.C6H14.Li.Mg.3H/c1-2-4-6-5-3-1;1-3-5-6-4-2;;;;;/h1-6H;3-6H2,1-2H3;;;;;/q;;+1;+2;3*-1. The molecule has 1 aromatic rings. The minimum Gasteiger partial charge on any atom is -1.00 e. The maximum atomic E-state index is 2.23. The van der Waals surface area contributed by atoms with Gasteiger partial charge in [-0.15, -0.1) is 0 Å². The first-order valence-corrected chi connectivity index (χ1v) is 4.91. The monoisotopic (exact) mass is 198 g/mol. The van der Waals surface area contributed by atoms with Crippen molar-refractivity contribution in [3.05, 3.63) is 36.4 Å². The van der Waals surface area contributed by atoms with Crippen LogP contribution in [0.4, 0.5) is 0 Å². The first kappa shape index (κ1) is 20.1. The van der Waals surface area contributed by atoms with Crippen LogP contribution >= 0.6 is 0 Å². The maximum Gasteiger partial charge on any atom is 2.00 e. The zero-order chi connectivity index (χ0) is 9.07. The van der Waals surface area contributed by atoms with E-state index >= 15 is 0 Å². The normalized spacial score (nSPS) is 7.29. The Balaban J connectivity index is -0.0000000275. The molecule has 0 nitrogen and oxygen atoms in total. The zero-order valence-electron chi connectivity index (χ0n) is 13.0. The Morgan fingerprint density at radius 1 is 0.714 bits per heavy atom. The smallest absolute Gasteiger partial charge is 1.00 e. The Morgan fingerprint density at radius 3 is 1.07 bits per heavy atom. The number of benzene rings is 1. The van der Waals surface area contributed by atoms with Gasteiger partial charge in [-0.2, -0.15) is 0 Å². The first-order chi connectivity index (χ1) is 5.91. The predicted octanol–water partition coefficient (Wildman–Crippen LogP) is 1.23. The van der Waals surface area contributed by atoms with Crippen LogP contribution in [0.3, 0.4) is 0 Å². The van der Waals surface area contributed by atoms with Crippen molar-refractivity contribution >= 4 is 23.1 Å². The molecule has 1 aromatic carbocycles. The van der Waals surface area contributed by atoms with Gasteiger partial charge in [0.05, 0.1) is 0 Å². The Hall–Kier alpha value is 0.584. The van der Waals surface area contributed by atoms with Gasteiger partial charge < -0.3 is 4.28 Å². The summed E-state index contributed by atoms with van der Waals surface area (Å²) < 4.78 is 0. The van der Waals surface area contributed by atoms with E-state index in [2.05, 4.69) is 13.8 Å². The molecule has 0 N–H and O–H groups in total. The Labute approximate surface area is 122 Å². The molecule has 0 atom stereocenters. The molecule has 0 saturated heterocycles. The summed E-state index contributed by atoms with van der Waals surface area (Å²) in [5.41, 5.74) is 0. The van der Waals surface area contributed by atoms with Gasteiger partial charge in [0.25, 0.3) is 0 Å². The van der Waals surface area contributed by atoms with Gasteiger partial charge in [-0.05, 0) is 0 Å². The maximum absolute atomic E-state index is 2.23. The fraction of sp³-hybridized carbons (Fsp3) is 0.500. The van der Waals surface area contributed by atoms with Crippen molar-refractivity contribution in [1.82, 2.24) is 0 Å². The van der Waals surface area contributed by atoms with Crippen LogP contribution in [-0.4, -0.2) is 23.1 Å². The summed E-state index contributed by atoms with van der Waals surface area (Å²) in [4.78, 5) is 0. The van der Waals surface area contributed by atoms with Gasteiger partial charge in [0.1, 0.15) is 0 Å². The second-order valence-corrected chi connectivity index (χ2v) is 2.86. The van der Waals surface area contributed by atoms with Crippen LogP contribution in [0, 0.1) is 0 Å². The van der Waals surface area contributed by atoms with Crippen LogP contribution in [0.5, 0.6) is 0 Å². The van der Waals surface area contributed by atoms with Crippen molar-refractivity contribution in [2.75, 3.05) is 0 Å². The third-order valence-corrected chi connectivity index (χ3v) is 1.62. The van der Waals surface area contributed by atoms with E-state index in [-0.39, 0.29) is 46.2 Å². The molecule has 0 aromatic heterocycles. The quantitative estimate of drug-likeness (QED) is 0.506. The van der Waals surface area contributed by atoms with Crippen LogP contribution < -0.4 is 18.9 Å². The second-order valence-electron chi connectivity index (χ2n) is 2.86. The molecule has 0 spiro atoms. The molecule has 74 valence electrons. The number of hydrogen-bond acceptors (Lipinski definition) is 0. The molecule has 2 heteroatoms. The summed E-state index contributed by atoms with van der Waals surface area (Å²) in [6.07, 6.45) is 5.54. The molecule has 14 heavy (non-hydrogen) atoms. The van der Waals surface area contributed by atoms with E-state index in [1.165, 1.54) is 25.7 Å². The average molecular weight is 199 g/mol. The molecule has 0 heterocycles. The van der Waals surface area contributed by atoms with E-state index in [4.69, 9.17) is 0 Å². The number of rotatable bonds is 3. The summed E-state index contributed by atoms with van der Waals surface area (Å²) >= 11 is 0.